The van der Waals surface area contributed by atoms with Crippen molar-refractivity contribution < 1.29 is 9.47 Å². The van der Waals surface area contributed by atoms with Crippen molar-refractivity contribution in [2.45, 2.75) is 52.3 Å². The van der Waals surface area contributed by atoms with Gasteiger partial charge in [-0.3, -0.25) is 4.90 Å². The van der Waals surface area contributed by atoms with Crippen molar-refractivity contribution in [1.82, 2.24) is 30.3 Å². The van der Waals surface area contributed by atoms with Gasteiger partial charge in [0.05, 0.1) is 13.7 Å². The largest absolute Gasteiger partial charge is 0.497 e. The molecule has 2 N–H and O–H groups in total. The summed E-state index contributed by atoms with van der Waals surface area (Å²) in [7, 11) is 3.61. The van der Waals surface area contributed by atoms with E-state index in [-0.39, 0.29) is 30.1 Å². The minimum absolute atomic E-state index is 0. The van der Waals surface area contributed by atoms with Crippen molar-refractivity contribution in [2.75, 3.05) is 33.3 Å². The van der Waals surface area contributed by atoms with E-state index in [1.54, 1.807) is 7.11 Å². The summed E-state index contributed by atoms with van der Waals surface area (Å²) in [6, 6.07) is 8.19. The van der Waals surface area contributed by atoms with Crippen LogP contribution in [-0.4, -0.2) is 71.1 Å². The topological polar surface area (TPSA) is 88.8 Å². The Morgan fingerprint density at radius 3 is 2.76 bits per heavy atom. The lowest BCUT2D eigenvalue weighted by Gasteiger charge is -2.24. The van der Waals surface area contributed by atoms with Gasteiger partial charge in [-0.25, -0.2) is 4.99 Å². The summed E-state index contributed by atoms with van der Waals surface area (Å²) in [5, 5.41) is 15.3. The summed E-state index contributed by atoms with van der Waals surface area (Å²) in [6.07, 6.45) is 2.42. The van der Waals surface area contributed by atoms with Gasteiger partial charge in [0.15, 0.2) is 11.8 Å². The summed E-state index contributed by atoms with van der Waals surface area (Å²) in [5.74, 6) is 4.03. The fraction of sp³-hybridized carbons (Fsp3) is 0.609. The number of nitrogens with zero attached hydrogens (tertiary/aromatic N) is 5. The molecule has 0 radical (unpaired) electrons. The van der Waals surface area contributed by atoms with E-state index in [4.69, 9.17) is 14.5 Å². The van der Waals surface area contributed by atoms with E-state index in [1.807, 2.05) is 49.7 Å². The number of rotatable bonds is 10. The number of methoxy groups -OCH3 is 1. The van der Waals surface area contributed by atoms with Crippen molar-refractivity contribution in [1.29, 1.82) is 0 Å². The number of aliphatic imine (C=N–C) groups is 1. The van der Waals surface area contributed by atoms with Crippen LogP contribution in [0.1, 0.15) is 38.3 Å². The van der Waals surface area contributed by atoms with Crippen LogP contribution in [0.5, 0.6) is 11.5 Å². The summed E-state index contributed by atoms with van der Waals surface area (Å²) in [6.45, 7) is 10.4. The molecule has 1 fully saturated rings. The molecule has 0 spiro atoms. The number of guanidine groups is 1. The Kier molecular flexibility index (Phi) is 11.2. The van der Waals surface area contributed by atoms with Gasteiger partial charge in [0, 0.05) is 25.7 Å². The van der Waals surface area contributed by atoms with E-state index in [0.29, 0.717) is 19.1 Å². The van der Waals surface area contributed by atoms with E-state index in [1.165, 1.54) is 19.4 Å². The van der Waals surface area contributed by atoms with Gasteiger partial charge in [0.25, 0.3) is 0 Å². The zero-order chi connectivity index (χ0) is 22.9. The van der Waals surface area contributed by atoms with Crippen LogP contribution in [0.25, 0.3) is 0 Å². The molecule has 2 aromatic rings. The fourth-order valence-electron chi connectivity index (χ4n) is 3.86. The molecule has 2 atom stereocenters. The van der Waals surface area contributed by atoms with Crippen LogP contribution in [-0.2, 0) is 13.6 Å². The molecule has 3 rings (SSSR count). The number of hydrogen-bond donors (Lipinski definition) is 2. The monoisotopic (exact) mass is 571 g/mol. The maximum atomic E-state index is 6.04. The zero-order valence-electron chi connectivity index (χ0n) is 20.4. The Hall–Kier alpha value is -2.08. The predicted octanol–water partition coefficient (Wildman–Crippen LogP) is 2.74. The fourth-order valence-corrected chi connectivity index (χ4v) is 3.86. The Bertz CT molecular complexity index is 889. The van der Waals surface area contributed by atoms with Crippen LogP contribution < -0.4 is 20.1 Å². The SMILES string of the molecule is CCN1CCCC1CNC(=NCc1nnc(C)n1C)NCC(C)Oc1cccc(OC)c1.I. The maximum Gasteiger partial charge on any atom is 0.191 e. The molecule has 2 heterocycles. The third-order valence-electron chi connectivity index (χ3n) is 5.91. The van der Waals surface area contributed by atoms with Gasteiger partial charge in [-0.2, -0.15) is 0 Å². The van der Waals surface area contributed by atoms with Gasteiger partial charge in [0.1, 0.15) is 30.0 Å². The third-order valence-corrected chi connectivity index (χ3v) is 5.91. The molecular weight excluding hydrogens is 533 g/mol. The molecule has 0 amide bonds. The highest BCUT2D eigenvalue weighted by atomic mass is 127. The molecule has 1 aliphatic heterocycles. The average Bonchev–Trinajstić information content (AvgIpc) is 3.39. The lowest BCUT2D eigenvalue weighted by molar-refractivity contribution is 0.222. The number of nitrogens with one attached hydrogen (secondary N) is 2. The standard InChI is InChI=1S/C23H37N7O2.HI/c1-6-30-12-8-9-19(30)15-25-23(26-16-22-28-27-18(3)29(22)4)24-14-17(2)32-21-11-7-10-20(13-21)31-5;/h7,10-11,13,17,19H,6,8-9,12,14-16H2,1-5H3,(H2,24,25,26);1H. The van der Waals surface area contributed by atoms with E-state index >= 15 is 0 Å². The molecule has 0 aliphatic carbocycles. The number of ether oxygens (including phenoxy) is 2. The second-order valence-corrected chi connectivity index (χ2v) is 8.18. The average molecular weight is 572 g/mol. The molecule has 9 nitrogen and oxygen atoms in total. The number of likely N-dealkylation sites (tertiary alicyclic amines) is 1. The molecule has 33 heavy (non-hydrogen) atoms. The lowest BCUT2D eigenvalue weighted by atomic mass is 10.2. The highest BCUT2D eigenvalue weighted by molar-refractivity contribution is 14.0. The van der Waals surface area contributed by atoms with E-state index in [2.05, 4.69) is 32.7 Å². The number of likely N-dealkylation sites (N-methyl/N-ethyl adjacent to an activating group) is 1. The predicted molar refractivity (Wildman–Crippen MR) is 142 cm³/mol. The van der Waals surface area contributed by atoms with E-state index in [9.17, 15) is 0 Å². The van der Waals surface area contributed by atoms with E-state index in [0.717, 1.165) is 42.2 Å². The van der Waals surface area contributed by atoms with Crippen LogP contribution >= 0.6 is 24.0 Å². The third kappa shape index (κ3) is 8.02. The first-order valence-corrected chi connectivity index (χ1v) is 11.4. The second-order valence-electron chi connectivity index (χ2n) is 8.18. The molecule has 0 bridgehead atoms. The lowest BCUT2D eigenvalue weighted by Crippen LogP contribution is -2.46. The van der Waals surface area contributed by atoms with Gasteiger partial charge in [0.2, 0.25) is 0 Å². The highest BCUT2D eigenvalue weighted by Crippen LogP contribution is 2.20. The Labute approximate surface area is 214 Å². The molecule has 2 unspecified atom stereocenters. The number of aryl methyl sites for hydroxylation is 1. The first kappa shape index (κ1) is 27.2. The molecule has 0 saturated carbocycles. The Balaban J connectivity index is 0.00000385. The maximum absolute atomic E-state index is 6.04. The number of aromatic nitrogens is 3. The normalized spacial score (nSPS) is 17.4. The molecule has 1 aromatic heterocycles. The molecule has 184 valence electrons. The van der Waals surface area contributed by atoms with Gasteiger partial charge in [-0.1, -0.05) is 13.0 Å². The van der Waals surface area contributed by atoms with E-state index < -0.39 is 0 Å². The van der Waals surface area contributed by atoms with Gasteiger partial charge in [-0.05, 0) is 51.9 Å². The summed E-state index contributed by atoms with van der Waals surface area (Å²) in [5.41, 5.74) is 0. The van der Waals surface area contributed by atoms with Gasteiger partial charge in [-0.15, -0.1) is 34.2 Å². The minimum atomic E-state index is -0.0511. The summed E-state index contributed by atoms with van der Waals surface area (Å²) >= 11 is 0. The van der Waals surface area contributed by atoms with Crippen molar-refractivity contribution in [3.05, 3.63) is 35.9 Å². The zero-order valence-corrected chi connectivity index (χ0v) is 22.7. The minimum Gasteiger partial charge on any atom is -0.497 e. The first-order chi connectivity index (χ1) is 15.5. The number of benzene rings is 1. The molecule has 1 aromatic carbocycles. The van der Waals surface area contributed by atoms with Crippen LogP contribution in [0.15, 0.2) is 29.3 Å². The summed E-state index contributed by atoms with van der Waals surface area (Å²) < 4.78 is 13.3. The smallest absolute Gasteiger partial charge is 0.191 e. The number of halogens is 1. The van der Waals surface area contributed by atoms with Crippen molar-refractivity contribution in [3.8, 4) is 11.5 Å². The van der Waals surface area contributed by atoms with Crippen molar-refractivity contribution >= 4 is 29.9 Å². The molecule has 10 heteroatoms. The summed E-state index contributed by atoms with van der Waals surface area (Å²) in [4.78, 5) is 7.28. The molecule has 1 saturated heterocycles. The first-order valence-electron chi connectivity index (χ1n) is 11.4. The quantitative estimate of drug-likeness (QED) is 0.258. The van der Waals surface area contributed by atoms with Crippen LogP contribution in [0, 0.1) is 6.92 Å². The Morgan fingerprint density at radius 2 is 2.06 bits per heavy atom. The van der Waals surface area contributed by atoms with Crippen molar-refractivity contribution in [2.24, 2.45) is 12.0 Å². The second kappa shape index (κ2) is 13.6. The molecular formula is C23H38IN7O2. The highest BCUT2D eigenvalue weighted by Gasteiger charge is 2.23. The van der Waals surface area contributed by atoms with Crippen molar-refractivity contribution in [3.63, 3.8) is 0 Å². The van der Waals surface area contributed by atoms with Gasteiger partial charge < -0.3 is 24.7 Å². The number of hydrogen-bond acceptors (Lipinski definition) is 6. The van der Waals surface area contributed by atoms with Crippen LogP contribution in [0.2, 0.25) is 0 Å². The van der Waals surface area contributed by atoms with Gasteiger partial charge >= 0.3 is 0 Å². The van der Waals surface area contributed by atoms with Crippen LogP contribution in [0.3, 0.4) is 0 Å². The van der Waals surface area contributed by atoms with Crippen LogP contribution in [0.4, 0.5) is 0 Å². The Morgan fingerprint density at radius 1 is 1.27 bits per heavy atom. The molecule has 1 aliphatic rings.